The molecule has 0 bridgehead atoms. The Balaban J connectivity index is 1.39. The van der Waals surface area contributed by atoms with E-state index in [1.54, 1.807) is 11.2 Å². The summed E-state index contributed by atoms with van der Waals surface area (Å²) in [6.07, 6.45) is 6.05. The first kappa shape index (κ1) is 25.1. The van der Waals surface area contributed by atoms with Crippen molar-refractivity contribution in [3.63, 3.8) is 0 Å². The van der Waals surface area contributed by atoms with Gasteiger partial charge in [0, 0.05) is 38.1 Å². The van der Waals surface area contributed by atoms with Crippen LogP contribution in [0.3, 0.4) is 0 Å². The summed E-state index contributed by atoms with van der Waals surface area (Å²) >= 11 is 0. The molecule has 5 rings (SSSR count). The van der Waals surface area contributed by atoms with E-state index < -0.39 is 15.8 Å². The number of halogens is 1. The Morgan fingerprint density at radius 2 is 1.86 bits per heavy atom. The van der Waals surface area contributed by atoms with E-state index in [0.29, 0.717) is 69.6 Å². The van der Waals surface area contributed by atoms with Crippen LogP contribution in [-0.2, 0) is 19.6 Å². The third-order valence-corrected chi connectivity index (χ3v) is 10.5. The highest BCUT2D eigenvalue weighted by molar-refractivity contribution is 7.89. The van der Waals surface area contributed by atoms with Crippen molar-refractivity contribution in [2.24, 2.45) is 11.8 Å². The molecule has 1 aromatic rings. The summed E-state index contributed by atoms with van der Waals surface area (Å²) in [4.78, 5) is 17.4. The van der Waals surface area contributed by atoms with Gasteiger partial charge in [-0.1, -0.05) is 0 Å². The minimum absolute atomic E-state index is 0.133. The molecule has 0 aromatic heterocycles. The molecule has 4 aliphatic heterocycles. The molecule has 9 heteroatoms. The molecular formula is C26H38FN3O4S. The Morgan fingerprint density at radius 3 is 2.60 bits per heavy atom. The van der Waals surface area contributed by atoms with E-state index in [-0.39, 0.29) is 22.8 Å². The van der Waals surface area contributed by atoms with E-state index in [1.807, 2.05) is 4.90 Å². The molecule has 4 fully saturated rings. The van der Waals surface area contributed by atoms with E-state index >= 15 is 0 Å². The smallest absolute Gasteiger partial charge is 0.243 e. The molecule has 1 aromatic carbocycles. The lowest BCUT2D eigenvalue weighted by atomic mass is 9.70. The van der Waals surface area contributed by atoms with Gasteiger partial charge in [0.2, 0.25) is 15.9 Å². The van der Waals surface area contributed by atoms with Gasteiger partial charge >= 0.3 is 0 Å². The Morgan fingerprint density at radius 1 is 1.11 bits per heavy atom. The number of piperidine rings is 3. The maximum absolute atomic E-state index is 13.9. The summed E-state index contributed by atoms with van der Waals surface area (Å²) in [7, 11) is -3.77. The SMILES string of the molecule is Cc1cc(S(=O)(=O)N2C[C@@H]3CCCN4CCC[C@@H]([C@H]34)[C@H]2CCCC(=O)N2CCOCC2)ccc1F. The molecule has 4 atom stereocenters. The van der Waals surface area contributed by atoms with Gasteiger partial charge < -0.3 is 9.64 Å². The molecule has 4 heterocycles. The zero-order valence-corrected chi connectivity index (χ0v) is 21.5. The molecule has 0 N–H and O–H groups in total. The molecule has 0 aliphatic carbocycles. The van der Waals surface area contributed by atoms with E-state index in [2.05, 4.69) is 4.90 Å². The number of nitrogens with zero attached hydrogens (tertiary/aromatic N) is 3. The van der Waals surface area contributed by atoms with Gasteiger partial charge in [-0.25, -0.2) is 12.8 Å². The van der Waals surface area contributed by atoms with Crippen LogP contribution >= 0.6 is 0 Å². The van der Waals surface area contributed by atoms with Crippen molar-refractivity contribution in [3.8, 4) is 0 Å². The van der Waals surface area contributed by atoms with Crippen LogP contribution in [0.25, 0.3) is 0 Å². The minimum atomic E-state index is -3.77. The molecule has 0 unspecified atom stereocenters. The number of hydrogen-bond donors (Lipinski definition) is 0. The first-order valence-corrected chi connectivity index (χ1v) is 14.7. The highest BCUT2D eigenvalue weighted by Gasteiger charge is 2.51. The van der Waals surface area contributed by atoms with Crippen LogP contribution in [0.5, 0.6) is 0 Å². The Bertz CT molecular complexity index is 1030. The van der Waals surface area contributed by atoms with Gasteiger partial charge in [-0.2, -0.15) is 4.31 Å². The lowest BCUT2D eigenvalue weighted by molar-refractivity contribution is -0.135. The summed E-state index contributed by atoms with van der Waals surface area (Å²) in [5.74, 6) is 0.346. The first-order valence-electron chi connectivity index (χ1n) is 13.2. The highest BCUT2D eigenvalue weighted by Crippen LogP contribution is 2.45. The van der Waals surface area contributed by atoms with Crippen LogP contribution in [-0.4, -0.2) is 86.5 Å². The molecule has 0 spiro atoms. The quantitative estimate of drug-likeness (QED) is 0.592. The van der Waals surface area contributed by atoms with E-state index in [0.717, 1.165) is 38.8 Å². The van der Waals surface area contributed by atoms with Gasteiger partial charge in [0.15, 0.2) is 0 Å². The number of sulfonamides is 1. The molecule has 1 amide bonds. The molecule has 0 radical (unpaired) electrons. The number of aryl methyl sites for hydroxylation is 1. The number of ether oxygens (including phenoxy) is 1. The average molecular weight is 508 g/mol. The molecule has 0 saturated carbocycles. The lowest BCUT2D eigenvalue weighted by Crippen LogP contribution is -2.65. The zero-order valence-electron chi connectivity index (χ0n) is 20.7. The summed E-state index contributed by atoms with van der Waals surface area (Å²) in [6, 6.07) is 4.41. The molecule has 4 saturated heterocycles. The van der Waals surface area contributed by atoms with Crippen molar-refractivity contribution >= 4 is 15.9 Å². The Hall–Kier alpha value is -1.55. The maximum atomic E-state index is 13.9. The van der Waals surface area contributed by atoms with Crippen molar-refractivity contribution < 1.29 is 22.3 Å². The van der Waals surface area contributed by atoms with Crippen LogP contribution in [0.2, 0.25) is 0 Å². The van der Waals surface area contributed by atoms with E-state index in [4.69, 9.17) is 4.74 Å². The van der Waals surface area contributed by atoms with Gasteiger partial charge in [0.05, 0.1) is 18.1 Å². The fraction of sp³-hybridized carbons (Fsp3) is 0.731. The number of rotatable bonds is 6. The van der Waals surface area contributed by atoms with Gasteiger partial charge in [-0.15, -0.1) is 0 Å². The number of hydrogen-bond acceptors (Lipinski definition) is 5. The van der Waals surface area contributed by atoms with Crippen LogP contribution in [0.1, 0.15) is 50.5 Å². The topological polar surface area (TPSA) is 70.2 Å². The normalized spacial score (nSPS) is 30.2. The van der Waals surface area contributed by atoms with Crippen molar-refractivity contribution in [1.82, 2.24) is 14.1 Å². The fourth-order valence-electron chi connectivity index (χ4n) is 6.94. The standard InChI is InChI=1S/C26H38FN3O4S/c1-19-17-21(9-10-23(19)27)35(32,33)30-18-20-5-3-11-29-12-4-6-22(26(20)29)24(30)7-2-8-25(31)28-13-15-34-16-14-28/h9-10,17,20,22,24,26H,2-8,11-16,18H2,1H3/t20-,22+,24+,26-/m0/s1. The second-order valence-corrected chi connectivity index (χ2v) is 12.6. The van der Waals surface area contributed by atoms with E-state index in [1.165, 1.54) is 18.2 Å². The molecule has 4 aliphatic rings. The van der Waals surface area contributed by atoms with Crippen molar-refractivity contribution in [2.75, 3.05) is 45.9 Å². The predicted octanol–water partition coefficient (Wildman–Crippen LogP) is 3.03. The summed E-state index contributed by atoms with van der Waals surface area (Å²) in [5.41, 5.74) is 0.343. The van der Waals surface area contributed by atoms with Crippen LogP contribution in [0.15, 0.2) is 23.1 Å². The van der Waals surface area contributed by atoms with Gasteiger partial charge in [-0.3, -0.25) is 9.69 Å². The maximum Gasteiger partial charge on any atom is 0.243 e. The first-order chi connectivity index (χ1) is 16.9. The van der Waals surface area contributed by atoms with Crippen molar-refractivity contribution in [1.29, 1.82) is 0 Å². The third-order valence-electron chi connectivity index (χ3n) is 8.62. The van der Waals surface area contributed by atoms with Gasteiger partial charge in [0.1, 0.15) is 5.82 Å². The van der Waals surface area contributed by atoms with Crippen LogP contribution < -0.4 is 0 Å². The number of carbonyl (C=O) groups excluding carboxylic acids is 1. The van der Waals surface area contributed by atoms with Gasteiger partial charge in [-0.05, 0) is 94.1 Å². The summed E-state index contributed by atoms with van der Waals surface area (Å²) in [6.45, 7) is 6.75. The molecule has 194 valence electrons. The third kappa shape index (κ3) is 5.02. The second kappa shape index (κ2) is 10.4. The largest absolute Gasteiger partial charge is 0.378 e. The lowest BCUT2D eigenvalue weighted by Gasteiger charge is -2.57. The average Bonchev–Trinajstić information content (AvgIpc) is 2.87. The summed E-state index contributed by atoms with van der Waals surface area (Å²) < 4.78 is 48.9. The number of morpholine rings is 1. The Kier molecular flexibility index (Phi) is 7.49. The van der Waals surface area contributed by atoms with Gasteiger partial charge in [0.25, 0.3) is 0 Å². The Labute approximate surface area is 208 Å². The second-order valence-electron chi connectivity index (χ2n) is 10.7. The molecular weight excluding hydrogens is 469 g/mol. The van der Waals surface area contributed by atoms with Crippen molar-refractivity contribution in [2.45, 2.75) is 68.8 Å². The molecule has 35 heavy (non-hydrogen) atoms. The van der Waals surface area contributed by atoms with Crippen molar-refractivity contribution in [3.05, 3.63) is 29.6 Å². The number of benzene rings is 1. The predicted molar refractivity (Wildman–Crippen MR) is 131 cm³/mol. The summed E-state index contributed by atoms with van der Waals surface area (Å²) in [5, 5.41) is 0. The van der Waals surface area contributed by atoms with Crippen LogP contribution in [0.4, 0.5) is 4.39 Å². The fourth-order valence-corrected chi connectivity index (χ4v) is 8.78. The number of amides is 1. The monoisotopic (exact) mass is 507 g/mol. The number of carbonyl (C=O) groups is 1. The van der Waals surface area contributed by atoms with E-state index in [9.17, 15) is 17.6 Å². The highest BCUT2D eigenvalue weighted by atomic mass is 32.2. The zero-order chi connectivity index (χ0) is 24.6. The minimum Gasteiger partial charge on any atom is -0.378 e. The van der Waals surface area contributed by atoms with Crippen LogP contribution in [0, 0.1) is 24.6 Å². The molecule has 7 nitrogen and oxygen atoms in total.